The van der Waals surface area contributed by atoms with E-state index in [2.05, 4.69) is 15.5 Å². The summed E-state index contributed by atoms with van der Waals surface area (Å²) >= 11 is 0. The van der Waals surface area contributed by atoms with E-state index in [-0.39, 0.29) is 36.6 Å². The molecule has 0 radical (unpaired) electrons. The standard InChI is InChI=1S/C23H32FN3O6/c1-15(23(30)31)33-13-12-32-11-10-27-8-6-16(7-9-27)18-3-2-17(14-19(18)24)25-20-4-5-21(28)26-22(20)29/h2-3,14-16,20,25H,4-13H2,1H3,(H,30,31)(H,26,28,29). The van der Waals surface area contributed by atoms with Crippen molar-refractivity contribution in [2.45, 2.75) is 50.7 Å². The Morgan fingerprint density at radius 3 is 2.67 bits per heavy atom. The predicted molar refractivity (Wildman–Crippen MR) is 118 cm³/mol. The van der Waals surface area contributed by atoms with Gasteiger partial charge in [-0.1, -0.05) is 6.07 Å². The minimum absolute atomic E-state index is 0.137. The first-order valence-electron chi connectivity index (χ1n) is 11.4. The zero-order valence-electron chi connectivity index (χ0n) is 18.8. The van der Waals surface area contributed by atoms with E-state index in [1.807, 2.05) is 0 Å². The van der Waals surface area contributed by atoms with E-state index in [1.165, 1.54) is 13.0 Å². The molecule has 2 atom stereocenters. The van der Waals surface area contributed by atoms with Gasteiger partial charge in [-0.3, -0.25) is 14.9 Å². The Morgan fingerprint density at radius 1 is 1.24 bits per heavy atom. The summed E-state index contributed by atoms with van der Waals surface area (Å²) in [5, 5.41) is 14.1. The van der Waals surface area contributed by atoms with Gasteiger partial charge in [0.15, 0.2) is 6.10 Å². The van der Waals surface area contributed by atoms with Crippen LogP contribution in [0.5, 0.6) is 0 Å². The van der Waals surface area contributed by atoms with Gasteiger partial charge in [0.1, 0.15) is 11.9 Å². The van der Waals surface area contributed by atoms with Crippen LogP contribution in [0.1, 0.15) is 44.1 Å². The van der Waals surface area contributed by atoms with Crippen LogP contribution in [0, 0.1) is 5.82 Å². The summed E-state index contributed by atoms with van der Waals surface area (Å²) in [6, 6.07) is 4.46. The van der Waals surface area contributed by atoms with Gasteiger partial charge in [0.25, 0.3) is 0 Å². The maximum Gasteiger partial charge on any atom is 0.332 e. The highest BCUT2D eigenvalue weighted by molar-refractivity contribution is 6.01. The number of carbonyl (C=O) groups excluding carboxylic acids is 2. The van der Waals surface area contributed by atoms with Gasteiger partial charge in [0.05, 0.1) is 19.8 Å². The van der Waals surface area contributed by atoms with Crippen LogP contribution >= 0.6 is 0 Å². The maximum atomic E-state index is 14.8. The average Bonchev–Trinajstić information content (AvgIpc) is 2.78. The molecule has 3 rings (SSSR count). The third-order valence-electron chi connectivity index (χ3n) is 6.10. The fourth-order valence-corrected chi connectivity index (χ4v) is 4.10. The van der Waals surface area contributed by atoms with Gasteiger partial charge < -0.3 is 24.8 Å². The van der Waals surface area contributed by atoms with Crippen molar-refractivity contribution in [1.29, 1.82) is 0 Å². The molecule has 0 spiro atoms. The van der Waals surface area contributed by atoms with Crippen molar-refractivity contribution in [3.63, 3.8) is 0 Å². The number of nitrogens with zero attached hydrogens (tertiary/aromatic N) is 1. The highest BCUT2D eigenvalue weighted by atomic mass is 19.1. The lowest BCUT2D eigenvalue weighted by molar-refractivity contribution is -0.150. The molecule has 1 aromatic carbocycles. The van der Waals surface area contributed by atoms with Gasteiger partial charge >= 0.3 is 5.97 Å². The number of ether oxygens (including phenoxy) is 2. The Hall–Kier alpha value is -2.56. The van der Waals surface area contributed by atoms with Gasteiger partial charge in [-0.15, -0.1) is 0 Å². The lowest BCUT2D eigenvalue weighted by atomic mass is 9.89. The van der Waals surface area contributed by atoms with Crippen molar-refractivity contribution in [1.82, 2.24) is 10.2 Å². The summed E-state index contributed by atoms with van der Waals surface area (Å²) < 4.78 is 25.4. The second-order valence-corrected chi connectivity index (χ2v) is 8.46. The first-order chi connectivity index (χ1) is 15.8. The van der Waals surface area contributed by atoms with Gasteiger partial charge in [0, 0.05) is 18.7 Å². The van der Waals surface area contributed by atoms with Crippen LogP contribution in [-0.4, -0.2) is 79.4 Å². The number of piperidine rings is 2. The molecular formula is C23H32FN3O6. The third kappa shape index (κ3) is 7.48. The number of nitrogens with one attached hydrogen (secondary N) is 2. The molecule has 0 saturated carbocycles. The van der Waals surface area contributed by atoms with E-state index in [9.17, 15) is 18.8 Å². The Labute approximate surface area is 192 Å². The molecule has 182 valence electrons. The number of carbonyl (C=O) groups is 3. The molecule has 2 aliphatic heterocycles. The number of rotatable bonds is 11. The number of halogens is 1. The number of hydrogen-bond donors (Lipinski definition) is 3. The van der Waals surface area contributed by atoms with Crippen LogP contribution in [0.15, 0.2) is 18.2 Å². The topological polar surface area (TPSA) is 117 Å². The molecule has 2 unspecified atom stereocenters. The van der Waals surface area contributed by atoms with E-state index in [0.717, 1.165) is 32.5 Å². The lowest BCUT2D eigenvalue weighted by Gasteiger charge is -2.32. The third-order valence-corrected chi connectivity index (χ3v) is 6.10. The molecule has 2 heterocycles. The second-order valence-electron chi connectivity index (χ2n) is 8.46. The van der Waals surface area contributed by atoms with Crippen molar-refractivity contribution in [3.05, 3.63) is 29.6 Å². The first-order valence-corrected chi connectivity index (χ1v) is 11.4. The van der Waals surface area contributed by atoms with Crippen molar-refractivity contribution in [2.24, 2.45) is 0 Å². The summed E-state index contributed by atoms with van der Waals surface area (Å²) in [5.41, 5.74) is 1.21. The maximum absolute atomic E-state index is 14.8. The average molecular weight is 466 g/mol. The Morgan fingerprint density at radius 2 is 2.00 bits per heavy atom. The Bertz CT molecular complexity index is 843. The molecule has 2 saturated heterocycles. The fourth-order valence-electron chi connectivity index (χ4n) is 4.10. The van der Waals surface area contributed by atoms with Gasteiger partial charge in [-0.25, -0.2) is 9.18 Å². The molecule has 0 aliphatic carbocycles. The number of benzene rings is 1. The molecule has 0 bridgehead atoms. The summed E-state index contributed by atoms with van der Waals surface area (Å²) in [4.78, 5) is 36.1. The van der Waals surface area contributed by atoms with E-state index in [4.69, 9.17) is 14.6 Å². The van der Waals surface area contributed by atoms with Crippen molar-refractivity contribution < 1.29 is 33.4 Å². The van der Waals surface area contributed by atoms with Crippen LogP contribution in [0.4, 0.5) is 10.1 Å². The normalized spacial score (nSPS) is 21.0. The number of aliphatic carboxylic acids is 1. The minimum atomic E-state index is -0.991. The van der Waals surface area contributed by atoms with E-state index in [1.54, 1.807) is 12.1 Å². The van der Waals surface area contributed by atoms with Crippen molar-refractivity contribution in [2.75, 3.05) is 44.8 Å². The SMILES string of the molecule is CC(OCCOCCN1CCC(c2ccc(NC3CCC(=O)NC3=O)cc2F)CC1)C(=O)O. The van der Waals surface area contributed by atoms with Crippen LogP contribution < -0.4 is 10.6 Å². The number of likely N-dealkylation sites (tertiary alicyclic amines) is 1. The molecular weight excluding hydrogens is 433 g/mol. The molecule has 2 fully saturated rings. The highest BCUT2D eigenvalue weighted by Gasteiger charge is 2.27. The first kappa shape index (κ1) is 25.1. The van der Waals surface area contributed by atoms with E-state index >= 15 is 0 Å². The molecule has 9 nitrogen and oxygen atoms in total. The number of carboxylic acids is 1. The van der Waals surface area contributed by atoms with Crippen molar-refractivity contribution in [3.8, 4) is 0 Å². The zero-order chi connectivity index (χ0) is 23.8. The second kappa shape index (κ2) is 12.1. The number of hydrogen-bond acceptors (Lipinski definition) is 7. The number of carboxylic acid groups (broad SMARTS) is 1. The van der Waals surface area contributed by atoms with Gasteiger partial charge in [-0.2, -0.15) is 0 Å². The number of imide groups is 1. The van der Waals surface area contributed by atoms with Crippen LogP contribution in [0.2, 0.25) is 0 Å². The van der Waals surface area contributed by atoms with Gasteiger partial charge in [0.2, 0.25) is 11.8 Å². The number of anilines is 1. The minimum Gasteiger partial charge on any atom is -0.479 e. The molecule has 2 amide bonds. The van der Waals surface area contributed by atoms with Crippen molar-refractivity contribution >= 4 is 23.5 Å². The molecule has 0 aromatic heterocycles. The van der Waals surface area contributed by atoms with E-state index < -0.39 is 18.1 Å². The number of amides is 2. The highest BCUT2D eigenvalue weighted by Crippen LogP contribution is 2.31. The Balaban J connectivity index is 1.37. The lowest BCUT2D eigenvalue weighted by Crippen LogP contribution is -2.47. The Kier molecular flexibility index (Phi) is 9.16. The quantitative estimate of drug-likeness (QED) is 0.334. The van der Waals surface area contributed by atoms with E-state index in [0.29, 0.717) is 30.9 Å². The summed E-state index contributed by atoms with van der Waals surface area (Å²) in [5.74, 6) is -1.80. The van der Waals surface area contributed by atoms with Crippen LogP contribution in [-0.2, 0) is 23.9 Å². The summed E-state index contributed by atoms with van der Waals surface area (Å²) in [6.07, 6.45) is 1.51. The zero-order valence-corrected chi connectivity index (χ0v) is 18.8. The van der Waals surface area contributed by atoms with Crippen LogP contribution in [0.3, 0.4) is 0 Å². The fraction of sp³-hybridized carbons (Fsp3) is 0.609. The molecule has 3 N–H and O–H groups in total. The molecule has 1 aromatic rings. The molecule has 33 heavy (non-hydrogen) atoms. The van der Waals surface area contributed by atoms with Crippen LogP contribution in [0.25, 0.3) is 0 Å². The smallest absolute Gasteiger partial charge is 0.332 e. The molecule has 2 aliphatic rings. The summed E-state index contributed by atoms with van der Waals surface area (Å²) in [6.45, 7) is 5.05. The monoisotopic (exact) mass is 465 g/mol. The largest absolute Gasteiger partial charge is 0.479 e. The van der Waals surface area contributed by atoms with Gasteiger partial charge in [-0.05, 0) is 62.9 Å². The predicted octanol–water partition coefficient (Wildman–Crippen LogP) is 1.73. The molecule has 10 heteroatoms. The summed E-state index contributed by atoms with van der Waals surface area (Å²) in [7, 11) is 0.